The van der Waals surface area contributed by atoms with Crippen LogP contribution in [0.1, 0.15) is 22.8 Å². The molecule has 0 bridgehead atoms. The first-order chi connectivity index (χ1) is 14.0. The van der Waals surface area contributed by atoms with Gasteiger partial charge in [0.2, 0.25) is 9.84 Å². The van der Waals surface area contributed by atoms with Crippen LogP contribution in [-0.4, -0.2) is 33.0 Å². The summed E-state index contributed by atoms with van der Waals surface area (Å²) in [7, 11) is -3.52. The monoisotopic (exact) mass is 407 g/mol. The van der Waals surface area contributed by atoms with E-state index in [-0.39, 0.29) is 6.10 Å². The molecule has 0 amide bonds. The second-order valence-electron chi connectivity index (χ2n) is 7.42. The Morgan fingerprint density at radius 3 is 2.34 bits per heavy atom. The van der Waals surface area contributed by atoms with Gasteiger partial charge in [-0.05, 0) is 41.8 Å². The van der Waals surface area contributed by atoms with Crippen molar-refractivity contribution < 1.29 is 13.2 Å². The van der Waals surface area contributed by atoms with Gasteiger partial charge in [-0.2, -0.15) is 0 Å². The molecule has 4 rings (SSSR count). The van der Waals surface area contributed by atoms with Crippen molar-refractivity contribution in [2.24, 2.45) is 0 Å². The SMILES string of the molecule is Cc1ccccc1S(=O)(=O)c1ccc(C2CN(Cc3ccccc3)CCO2)cc1. The van der Waals surface area contributed by atoms with Gasteiger partial charge in [-0.1, -0.05) is 60.7 Å². The predicted octanol–water partition coefficient (Wildman–Crippen LogP) is 4.40. The van der Waals surface area contributed by atoms with E-state index in [0.29, 0.717) is 16.4 Å². The van der Waals surface area contributed by atoms with Gasteiger partial charge in [-0.25, -0.2) is 8.42 Å². The van der Waals surface area contributed by atoms with E-state index in [0.717, 1.165) is 30.8 Å². The smallest absolute Gasteiger partial charge is 0.206 e. The molecule has 5 heteroatoms. The topological polar surface area (TPSA) is 46.6 Å². The molecule has 1 fully saturated rings. The molecule has 0 spiro atoms. The van der Waals surface area contributed by atoms with Crippen LogP contribution in [0.2, 0.25) is 0 Å². The maximum absolute atomic E-state index is 13.0. The quantitative estimate of drug-likeness (QED) is 0.629. The fraction of sp³-hybridized carbons (Fsp3) is 0.250. The number of sulfone groups is 1. The average molecular weight is 408 g/mol. The third kappa shape index (κ3) is 4.42. The third-order valence-corrected chi connectivity index (χ3v) is 7.27. The van der Waals surface area contributed by atoms with Gasteiger partial charge in [0.15, 0.2) is 0 Å². The van der Waals surface area contributed by atoms with Crippen LogP contribution in [-0.2, 0) is 21.1 Å². The van der Waals surface area contributed by atoms with Gasteiger partial charge < -0.3 is 4.74 Å². The van der Waals surface area contributed by atoms with Gasteiger partial charge >= 0.3 is 0 Å². The first-order valence-electron chi connectivity index (χ1n) is 9.82. The highest BCUT2D eigenvalue weighted by Gasteiger charge is 2.24. The van der Waals surface area contributed by atoms with Crippen LogP contribution in [0.3, 0.4) is 0 Å². The van der Waals surface area contributed by atoms with E-state index in [2.05, 4.69) is 29.2 Å². The molecule has 0 aliphatic carbocycles. The van der Waals surface area contributed by atoms with Gasteiger partial charge in [-0.15, -0.1) is 0 Å². The summed E-state index contributed by atoms with van der Waals surface area (Å²) in [4.78, 5) is 3.05. The molecule has 1 unspecified atom stereocenters. The van der Waals surface area contributed by atoms with Crippen molar-refractivity contribution in [3.63, 3.8) is 0 Å². The minimum Gasteiger partial charge on any atom is -0.371 e. The zero-order chi connectivity index (χ0) is 20.3. The lowest BCUT2D eigenvalue weighted by molar-refractivity contribution is -0.0329. The fourth-order valence-electron chi connectivity index (χ4n) is 3.74. The van der Waals surface area contributed by atoms with E-state index in [1.165, 1.54) is 5.56 Å². The zero-order valence-corrected chi connectivity index (χ0v) is 17.3. The van der Waals surface area contributed by atoms with Crippen LogP contribution in [0.4, 0.5) is 0 Å². The van der Waals surface area contributed by atoms with Crippen molar-refractivity contribution in [2.45, 2.75) is 29.4 Å². The van der Waals surface area contributed by atoms with Gasteiger partial charge in [0.1, 0.15) is 0 Å². The molecule has 3 aromatic rings. The van der Waals surface area contributed by atoms with Crippen LogP contribution in [0.25, 0.3) is 0 Å². The summed E-state index contributed by atoms with van der Waals surface area (Å²) in [5, 5.41) is 0. The Morgan fingerprint density at radius 2 is 1.62 bits per heavy atom. The molecule has 29 heavy (non-hydrogen) atoms. The first-order valence-corrected chi connectivity index (χ1v) is 11.3. The summed E-state index contributed by atoms with van der Waals surface area (Å²) < 4.78 is 31.9. The van der Waals surface area contributed by atoms with Gasteiger partial charge in [-0.3, -0.25) is 4.90 Å². The van der Waals surface area contributed by atoms with E-state index in [9.17, 15) is 8.42 Å². The Hall–Kier alpha value is -2.47. The number of hydrogen-bond acceptors (Lipinski definition) is 4. The third-order valence-electron chi connectivity index (χ3n) is 5.34. The maximum Gasteiger partial charge on any atom is 0.206 e. The highest BCUT2D eigenvalue weighted by molar-refractivity contribution is 7.91. The lowest BCUT2D eigenvalue weighted by atomic mass is 10.1. The van der Waals surface area contributed by atoms with Gasteiger partial charge in [0, 0.05) is 19.6 Å². The van der Waals surface area contributed by atoms with Crippen molar-refractivity contribution in [1.82, 2.24) is 4.90 Å². The Kier molecular flexibility index (Phi) is 5.81. The van der Waals surface area contributed by atoms with Crippen molar-refractivity contribution in [3.8, 4) is 0 Å². The number of nitrogens with zero attached hydrogens (tertiary/aromatic N) is 1. The average Bonchev–Trinajstić information content (AvgIpc) is 2.75. The molecular weight excluding hydrogens is 382 g/mol. The minimum atomic E-state index is -3.52. The van der Waals surface area contributed by atoms with Crippen LogP contribution < -0.4 is 0 Å². The van der Waals surface area contributed by atoms with Crippen molar-refractivity contribution in [2.75, 3.05) is 19.7 Å². The summed E-state index contributed by atoms with van der Waals surface area (Å²) in [5.41, 5.74) is 3.04. The number of hydrogen-bond donors (Lipinski definition) is 0. The number of benzene rings is 3. The maximum atomic E-state index is 13.0. The van der Waals surface area contributed by atoms with Crippen LogP contribution >= 0.6 is 0 Å². The first kappa shape index (κ1) is 19.8. The molecule has 1 aliphatic heterocycles. The Morgan fingerprint density at radius 1 is 0.931 bits per heavy atom. The summed E-state index contributed by atoms with van der Waals surface area (Å²) in [6.45, 7) is 5.06. The number of morpholine rings is 1. The highest BCUT2D eigenvalue weighted by atomic mass is 32.2. The molecule has 0 aromatic heterocycles. The standard InChI is InChI=1S/C24H25NO3S/c1-19-7-5-6-10-24(19)29(26,27)22-13-11-21(12-14-22)23-18-25(15-16-28-23)17-20-8-3-2-4-9-20/h2-14,23H,15-18H2,1H3. The molecule has 1 aliphatic rings. The molecule has 0 saturated carbocycles. The van der Waals surface area contributed by atoms with E-state index < -0.39 is 9.84 Å². The normalized spacial score (nSPS) is 17.9. The molecule has 4 nitrogen and oxygen atoms in total. The largest absolute Gasteiger partial charge is 0.371 e. The summed E-state index contributed by atoms with van der Waals surface area (Å²) in [6, 6.07) is 24.6. The summed E-state index contributed by atoms with van der Waals surface area (Å²) in [6.07, 6.45) is -0.0531. The summed E-state index contributed by atoms with van der Waals surface area (Å²) >= 11 is 0. The lowest BCUT2D eigenvalue weighted by Gasteiger charge is -2.33. The molecule has 1 saturated heterocycles. The summed E-state index contributed by atoms with van der Waals surface area (Å²) in [5.74, 6) is 0. The minimum absolute atomic E-state index is 0.0531. The molecule has 0 radical (unpaired) electrons. The number of rotatable bonds is 5. The molecule has 3 aromatic carbocycles. The lowest BCUT2D eigenvalue weighted by Crippen LogP contribution is -2.37. The Labute approximate surface area is 172 Å². The highest BCUT2D eigenvalue weighted by Crippen LogP contribution is 2.27. The van der Waals surface area contributed by atoms with E-state index >= 15 is 0 Å². The van der Waals surface area contributed by atoms with Gasteiger partial charge in [0.05, 0.1) is 22.5 Å². The van der Waals surface area contributed by atoms with Crippen molar-refractivity contribution >= 4 is 9.84 Å². The molecule has 0 N–H and O–H groups in total. The predicted molar refractivity (Wildman–Crippen MR) is 113 cm³/mol. The van der Waals surface area contributed by atoms with Crippen LogP contribution in [0, 0.1) is 6.92 Å². The number of aryl methyl sites for hydroxylation is 1. The second kappa shape index (κ2) is 8.49. The second-order valence-corrected chi connectivity index (χ2v) is 9.34. The van der Waals surface area contributed by atoms with Gasteiger partial charge in [0.25, 0.3) is 0 Å². The van der Waals surface area contributed by atoms with Crippen LogP contribution in [0.5, 0.6) is 0 Å². The van der Waals surface area contributed by atoms with Crippen molar-refractivity contribution in [3.05, 3.63) is 95.6 Å². The number of ether oxygens (including phenoxy) is 1. The van der Waals surface area contributed by atoms with E-state index in [1.807, 2.05) is 37.3 Å². The fourth-order valence-corrected chi connectivity index (χ4v) is 5.23. The van der Waals surface area contributed by atoms with E-state index in [1.54, 1.807) is 24.3 Å². The molecule has 1 heterocycles. The van der Waals surface area contributed by atoms with E-state index in [4.69, 9.17) is 4.74 Å². The molecule has 150 valence electrons. The molecular formula is C24H25NO3S. The molecule has 1 atom stereocenters. The van der Waals surface area contributed by atoms with Crippen LogP contribution in [0.15, 0.2) is 88.7 Å². The Bertz CT molecular complexity index is 1060. The van der Waals surface area contributed by atoms with Crippen molar-refractivity contribution in [1.29, 1.82) is 0 Å². The zero-order valence-electron chi connectivity index (χ0n) is 16.5. The Balaban J connectivity index is 1.49.